The van der Waals surface area contributed by atoms with E-state index in [2.05, 4.69) is 11.6 Å². The zero-order chi connectivity index (χ0) is 14.6. The number of rotatable bonds is 5. The molecular weight excluding hydrogens is 242 g/mol. The van der Waals surface area contributed by atoms with Crippen molar-refractivity contribution in [1.82, 2.24) is 4.98 Å². The third-order valence-corrected chi connectivity index (χ3v) is 2.60. The number of aromatic nitrogens is 1. The molecule has 0 amide bonds. The second-order valence-electron chi connectivity index (χ2n) is 5.69. The van der Waals surface area contributed by atoms with Crippen molar-refractivity contribution in [3.05, 3.63) is 35.5 Å². The van der Waals surface area contributed by atoms with E-state index in [-0.39, 0.29) is 11.0 Å². The molecule has 4 nitrogen and oxygen atoms in total. The standard InChI is InChI=1S/C15H21NO3/c1-10(2)6-7-19-13-9-11(14(17)18)8-12(16-13)15(3,4)5/h8-9H,1,6-7H2,2-5H3,(H,17,18). The van der Waals surface area contributed by atoms with Crippen molar-refractivity contribution in [2.45, 2.75) is 39.5 Å². The van der Waals surface area contributed by atoms with Crippen molar-refractivity contribution < 1.29 is 14.6 Å². The number of ether oxygens (including phenoxy) is 1. The van der Waals surface area contributed by atoms with Crippen LogP contribution in [0.3, 0.4) is 0 Å². The fourth-order valence-electron chi connectivity index (χ4n) is 1.42. The highest BCUT2D eigenvalue weighted by Gasteiger charge is 2.19. The number of carboxylic acid groups (broad SMARTS) is 1. The van der Waals surface area contributed by atoms with Gasteiger partial charge in [0, 0.05) is 17.9 Å². The predicted octanol–water partition coefficient (Wildman–Crippen LogP) is 3.42. The molecule has 0 spiro atoms. The Morgan fingerprint density at radius 2 is 2.05 bits per heavy atom. The Balaban J connectivity index is 3.00. The fraction of sp³-hybridized carbons (Fsp3) is 0.467. The molecule has 4 heteroatoms. The monoisotopic (exact) mass is 263 g/mol. The van der Waals surface area contributed by atoms with E-state index >= 15 is 0 Å². The number of aromatic carboxylic acids is 1. The summed E-state index contributed by atoms with van der Waals surface area (Å²) in [5.41, 5.74) is 1.70. The van der Waals surface area contributed by atoms with Crippen LogP contribution in [0.2, 0.25) is 0 Å². The summed E-state index contributed by atoms with van der Waals surface area (Å²) in [4.78, 5) is 15.5. The SMILES string of the molecule is C=C(C)CCOc1cc(C(=O)O)cc(C(C)(C)C)n1. The second kappa shape index (κ2) is 5.87. The smallest absolute Gasteiger partial charge is 0.335 e. The van der Waals surface area contributed by atoms with Gasteiger partial charge in [0.1, 0.15) is 0 Å². The first-order valence-corrected chi connectivity index (χ1v) is 6.23. The molecular formula is C15H21NO3. The number of pyridine rings is 1. The molecule has 1 aromatic heterocycles. The van der Waals surface area contributed by atoms with E-state index in [1.807, 2.05) is 27.7 Å². The number of nitrogens with zero attached hydrogens (tertiary/aromatic N) is 1. The summed E-state index contributed by atoms with van der Waals surface area (Å²) in [6.07, 6.45) is 0.726. The summed E-state index contributed by atoms with van der Waals surface area (Å²) in [5, 5.41) is 9.12. The van der Waals surface area contributed by atoms with Gasteiger partial charge in [-0.1, -0.05) is 26.3 Å². The van der Waals surface area contributed by atoms with Crippen LogP contribution in [0.15, 0.2) is 24.3 Å². The summed E-state index contributed by atoms with van der Waals surface area (Å²) in [6, 6.07) is 3.05. The molecule has 0 fully saturated rings. The van der Waals surface area contributed by atoms with Crippen LogP contribution in [-0.2, 0) is 5.41 Å². The van der Waals surface area contributed by atoms with Crippen LogP contribution in [0.1, 0.15) is 50.2 Å². The van der Waals surface area contributed by atoms with Gasteiger partial charge >= 0.3 is 5.97 Å². The Morgan fingerprint density at radius 1 is 1.42 bits per heavy atom. The molecule has 0 aliphatic heterocycles. The van der Waals surface area contributed by atoms with Gasteiger partial charge in [-0.2, -0.15) is 0 Å². The molecule has 19 heavy (non-hydrogen) atoms. The molecule has 1 aromatic rings. The van der Waals surface area contributed by atoms with Crippen molar-refractivity contribution in [2.24, 2.45) is 0 Å². The fourth-order valence-corrected chi connectivity index (χ4v) is 1.42. The van der Waals surface area contributed by atoms with E-state index in [0.717, 1.165) is 12.0 Å². The molecule has 0 saturated heterocycles. The van der Waals surface area contributed by atoms with Gasteiger partial charge in [-0.15, -0.1) is 6.58 Å². The van der Waals surface area contributed by atoms with E-state index < -0.39 is 5.97 Å². The van der Waals surface area contributed by atoms with Gasteiger partial charge in [-0.05, 0) is 13.0 Å². The minimum absolute atomic E-state index is 0.199. The lowest BCUT2D eigenvalue weighted by Crippen LogP contribution is -2.16. The summed E-state index contributed by atoms with van der Waals surface area (Å²) in [7, 11) is 0. The minimum atomic E-state index is -0.974. The van der Waals surface area contributed by atoms with Crippen LogP contribution in [0, 0.1) is 0 Å². The minimum Gasteiger partial charge on any atom is -0.478 e. The normalized spacial score (nSPS) is 11.2. The first kappa shape index (κ1) is 15.2. The van der Waals surface area contributed by atoms with Gasteiger partial charge in [0.05, 0.1) is 17.9 Å². The summed E-state index contributed by atoms with van der Waals surface area (Å²) in [6.45, 7) is 12.1. The van der Waals surface area contributed by atoms with Crippen molar-refractivity contribution in [1.29, 1.82) is 0 Å². The molecule has 1 N–H and O–H groups in total. The van der Waals surface area contributed by atoms with E-state index in [1.165, 1.54) is 6.07 Å². The Labute approximate surface area is 114 Å². The van der Waals surface area contributed by atoms with Crippen LogP contribution < -0.4 is 4.74 Å². The van der Waals surface area contributed by atoms with Crippen molar-refractivity contribution in [2.75, 3.05) is 6.61 Å². The van der Waals surface area contributed by atoms with Gasteiger partial charge < -0.3 is 9.84 Å². The van der Waals surface area contributed by atoms with Gasteiger partial charge in [0.15, 0.2) is 0 Å². The molecule has 0 saturated carbocycles. The summed E-state index contributed by atoms with van der Waals surface area (Å²) < 4.78 is 5.51. The Morgan fingerprint density at radius 3 is 2.53 bits per heavy atom. The lowest BCUT2D eigenvalue weighted by atomic mass is 9.91. The molecule has 0 unspecified atom stereocenters. The van der Waals surface area contributed by atoms with Crippen LogP contribution in [0.5, 0.6) is 5.88 Å². The highest BCUT2D eigenvalue weighted by atomic mass is 16.5. The van der Waals surface area contributed by atoms with E-state index in [4.69, 9.17) is 9.84 Å². The molecule has 0 radical (unpaired) electrons. The molecule has 0 atom stereocenters. The van der Waals surface area contributed by atoms with Gasteiger partial charge in [0.25, 0.3) is 0 Å². The van der Waals surface area contributed by atoms with Crippen LogP contribution in [-0.4, -0.2) is 22.7 Å². The average Bonchev–Trinajstić information content (AvgIpc) is 2.26. The third kappa shape index (κ3) is 4.73. The number of hydrogen-bond acceptors (Lipinski definition) is 3. The number of hydrogen-bond donors (Lipinski definition) is 1. The zero-order valence-electron chi connectivity index (χ0n) is 12.0. The second-order valence-corrected chi connectivity index (χ2v) is 5.69. The highest BCUT2D eigenvalue weighted by Crippen LogP contribution is 2.24. The van der Waals surface area contributed by atoms with E-state index in [9.17, 15) is 4.79 Å². The first-order chi connectivity index (χ1) is 8.70. The number of carboxylic acids is 1. The Hall–Kier alpha value is -1.84. The molecule has 104 valence electrons. The topological polar surface area (TPSA) is 59.4 Å². The molecule has 0 aromatic carbocycles. The summed E-state index contributed by atoms with van der Waals surface area (Å²) >= 11 is 0. The number of carbonyl (C=O) groups is 1. The van der Waals surface area contributed by atoms with Gasteiger partial charge in [0.2, 0.25) is 5.88 Å². The molecule has 0 aliphatic carbocycles. The van der Waals surface area contributed by atoms with Crippen molar-refractivity contribution in [3.8, 4) is 5.88 Å². The van der Waals surface area contributed by atoms with E-state index in [1.54, 1.807) is 6.07 Å². The quantitative estimate of drug-likeness (QED) is 0.827. The maximum Gasteiger partial charge on any atom is 0.335 e. The average molecular weight is 263 g/mol. The van der Waals surface area contributed by atoms with Gasteiger partial charge in [-0.25, -0.2) is 9.78 Å². The molecule has 1 heterocycles. The first-order valence-electron chi connectivity index (χ1n) is 6.23. The zero-order valence-corrected chi connectivity index (χ0v) is 12.0. The lowest BCUT2D eigenvalue weighted by Gasteiger charge is -2.19. The van der Waals surface area contributed by atoms with Crippen LogP contribution >= 0.6 is 0 Å². The summed E-state index contributed by atoms with van der Waals surface area (Å²) in [5.74, 6) is -0.622. The van der Waals surface area contributed by atoms with Gasteiger partial charge in [-0.3, -0.25) is 0 Å². The van der Waals surface area contributed by atoms with Crippen LogP contribution in [0.4, 0.5) is 0 Å². The largest absolute Gasteiger partial charge is 0.478 e. The molecule has 0 aliphatic rings. The lowest BCUT2D eigenvalue weighted by molar-refractivity contribution is 0.0696. The molecule has 1 rings (SSSR count). The molecule has 0 bridgehead atoms. The van der Waals surface area contributed by atoms with E-state index in [0.29, 0.717) is 18.2 Å². The van der Waals surface area contributed by atoms with Crippen LogP contribution in [0.25, 0.3) is 0 Å². The van der Waals surface area contributed by atoms with Crippen molar-refractivity contribution in [3.63, 3.8) is 0 Å². The Bertz CT molecular complexity index is 487. The highest BCUT2D eigenvalue weighted by molar-refractivity contribution is 5.88. The van der Waals surface area contributed by atoms with Crippen molar-refractivity contribution >= 4 is 5.97 Å². The third-order valence-electron chi connectivity index (χ3n) is 2.60. The maximum atomic E-state index is 11.1. The predicted molar refractivity (Wildman–Crippen MR) is 74.8 cm³/mol. The maximum absolute atomic E-state index is 11.1. The Kier molecular flexibility index (Phi) is 4.70.